The highest BCUT2D eigenvalue weighted by Gasteiger charge is 2.24. The van der Waals surface area contributed by atoms with Crippen LogP contribution >= 0.6 is 12.2 Å². The molecular weight excluding hydrogens is 654 g/mol. The molecule has 7 N–H and O–H groups in total. The predicted molar refractivity (Wildman–Crippen MR) is 184 cm³/mol. The number of nitrogens with one attached hydrogen (secondary N) is 3. The number of fused-ring (bicyclic) bond motifs is 2. The van der Waals surface area contributed by atoms with Crippen molar-refractivity contribution in [2.45, 2.75) is 25.3 Å². The molecule has 1 unspecified atom stereocenters. The summed E-state index contributed by atoms with van der Waals surface area (Å²) in [6, 6.07) is 16.1. The highest BCUT2D eigenvalue weighted by atomic mass is 32.1. The van der Waals surface area contributed by atoms with Gasteiger partial charge in [0.05, 0.1) is 12.7 Å². The Bertz CT molecular complexity index is 2110. The molecule has 0 saturated heterocycles. The van der Waals surface area contributed by atoms with E-state index in [2.05, 4.69) is 16.0 Å². The topological polar surface area (TPSA) is 208 Å². The van der Waals surface area contributed by atoms with Gasteiger partial charge in [0.2, 0.25) is 0 Å². The van der Waals surface area contributed by atoms with Gasteiger partial charge >= 0.3 is 11.9 Å². The normalized spacial score (nSPS) is 11.5. The van der Waals surface area contributed by atoms with E-state index >= 15 is 0 Å². The third-order valence-electron chi connectivity index (χ3n) is 7.69. The number of ether oxygens (including phenoxy) is 1. The molecule has 0 fully saturated rings. The van der Waals surface area contributed by atoms with Crippen molar-refractivity contribution in [1.82, 2.24) is 10.6 Å². The van der Waals surface area contributed by atoms with Crippen LogP contribution in [-0.2, 0) is 9.53 Å². The van der Waals surface area contributed by atoms with E-state index in [0.29, 0.717) is 47.2 Å². The Balaban J connectivity index is 1.24. The molecule has 0 saturated carbocycles. The summed E-state index contributed by atoms with van der Waals surface area (Å²) in [5.41, 5.74) is 1.80. The molecule has 0 spiro atoms. The summed E-state index contributed by atoms with van der Waals surface area (Å²) in [6.45, 7) is 0.392. The van der Waals surface area contributed by atoms with Crippen molar-refractivity contribution >= 4 is 51.8 Å². The Morgan fingerprint density at radius 2 is 1.67 bits per heavy atom. The fourth-order valence-corrected chi connectivity index (χ4v) is 5.53. The van der Waals surface area contributed by atoms with Gasteiger partial charge in [-0.25, -0.2) is 9.59 Å². The zero-order valence-electron chi connectivity index (χ0n) is 26.0. The number of phenols is 3. The third kappa shape index (κ3) is 7.88. The highest BCUT2D eigenvalue weighted by molar-refractivity contribution is 7.80. The average molecular weight is 686 g/mol. The Morgan fingerprint density at radius 3 is 2.41 bits per heavy atom. The van der Waals surface area contributed by atoms with Crippen LogP contribution in [0.1, 0.15) is 40.0 Å². The van der Waals surface area contributed by atoms with Gasteiger partial charge in [-0.15, -0.1) is 0 Å². The number of hydrogen-bond donors (Lipinski definition) is 7. The molecule has 252 valence electrons. The van der Waals surface area contributed by atoms with Gasteiger partial charge < -0.3 is 45.5 Å². The zero-order valence-corrected chi connectivity index (χ0v) is 26.8. The molecule has 13 nitrogen and oxygen atoms in total. The number of carboxylic acids is 1. The number of esters is 1. The van der Waals surface area contributed by atoms with Crippen LogP contribution in [0, 0.1) is 0 Å². The van der Waals surface area contributed by atoms with Gasteiger partial charge in [0.25, 0.3) is 5.91 Å². The molecule has 0 aromatic heterocycles. The first-order valence-corrected chi connectivity index (χ1v) is 15.4. The molecule has 2 aliphatic rings. The number of benzene rings is 4. The average Bonchev–Trinajstić information content (AvgIpc) is 3.07. The van der Waals surface area contributed by atoms with Crippen molar-refractivity contribution in [1.29, 1.82) is 0 Å². The van der Waals surface area contributed by atoms with Crippen molar-refractivity contribution in [3.63, 3.8) is 0 Å². The van der Waals surface area contributed by atoms with E-state index in [-0.39, 0.29) is 50.9 Å². The van der Waals surface area contributed by atoms with Gasteiger partial charge in [0.1, 0.15) is 23.1 Å². The predicted octanol–water partition coefficient (Wildman–Crippen LogP) is 4.81. The number of carbonyl (C=O) groups is 3. The van der Waals surface area contributed by atoms with E-state index < -0.39 is 29.6 Å². The summed E-state index contributed by atoms with van der Waals surface area (Å²) < 4.78 is 10.7. The van der Waals surface area contributed by atoms with E-state index in [1.165, 1.54) is 49.6 Å². The van der Waals surface area contributed by atoms with Crippen LogP contribution in [-0.4, -0.2) is 63.1 Å². The first kappa shape index (κ1) is 34.2. The van der Waals surface area contributed by atoms with E-state index in [0.717, 1.165) is 6.07 Å². The number of amides is 1. The second-order valence-electron chi connectivity index (χ2n) is 11.0. The monoisotopic (exact) mass is 685 g/mol. The minimum Gasteiger partial charge on any atom is -0.508 e. The minimum absolute atomic E-state index is 0.0423. The summed E-state index contributed by atoms with van der Waals surface area (Å²) in [4.78, 5) is 49.4. The Labute approximate surface area is 284 Å². The molecule has 1 heterocycles. The van der Waals surface area contributed by atoms with Crippen molar-refractivity contribution in [2.24, 2.45) is 0 Å². The first-order valence-electron chi connectivity index (χ1n) is 15.0. The lowest BCUT2D eigenvalue weighted by molar-refractivity contribution is -0.143. The lowest BCUT2D eigenvalue weighted by atomic mass is 9.90. The smallest absolute Gasteiger partial charge is 0.336 e. The Kier molecular flexibility index (Phi) is 10.3. The lowest BCUT2D eigenvalue weighted by Crippen LogP contribution is -2.41. The maximum Gasteiger partial charge on any atom is 0.336 e. The summed E-state index contributed by atoms with van der Waals surface area (Å²) in [7, 11) is 1.21. The number of rotatable bonds is 11. The number of phenolic OH excluding ortho intramolecular Hbond substituents is 3. The number of carboxylic acid groups (broad SMARTS) is 1. The highest BCUT2D eigenvalue weighted by Crippen LogP contribution is 2.42. The summed E-state index contributed by atoms with van der Waals surface area (Å²) in [5, 5.41) is 48.7. The van der Waals surface area contributed by atoms with E-state index in [9.17, 15) is 39.6 Å². The fourth-order valence-electron chi connectivity index (χ4n) is 5.31. The van der Waals surface area contributed by atoms with Crippen LogP contribution in [0.3, 0.4) is 0 Å². The molecule has 1 atom stereocenters. The van der Waals surface area contributed by atoms with Crippen LogP contribution < -0.4 is 21.4 Å². The molecular formula is C35H31N3O10S. The zero-order chi connectivity index (χ0) is 35.2. The van der Waals surface area contributed by atoms with Crippen molar-refractivity contribution in [3.8, 4) is 39.7 Å². The molecule has 3 aromatic rings. The fraction of sp³-hybridized carbons (Fsp3) is 0.171. The molecule has 5 rings (SSSR count). The van der Waals surface area contributed by atoms with Gasteiger partial charge in [-0.1, -0.05) is 6.07 Å². The molecule has 49 heavy (non-hydrogen) atoms. The lowest BCUT2D eigenvalue weighted by Gasteiger charge is -2.18. The Morgan fingerprint density at radius 1 is 0.898 bits per heavy atom. The molecule has 0 radical (unpaired) electrons. The summed E-state index contributed by atoms with van der Waals surface area (Å²) >= 11 is 5.41. The number of hydrogen-bond acceptors (Lipinski definition) is 10. The third-order valence-corrected chi connectivity index (χ3v) is 7.93. The maximum atomic E-state index is 12.6. The molecule has 0 bridgehead atoms. The second-order valence-corrected chi connectivity index (χ2v) is 11.4. The molecule has 1 amide bonds. The van der Waals surface area contributed by atoms with Crippen LogP contribution in [0.15, 0.2) is 82.0 Å². The van der Waals surface area contributed by atoms with Gasteiger partial charge in [-0.05, 0) is 91.6 Å². The largest absolute Gasteiger partial charge is 0.508 e. The van der Waals surface area contributed by atoms with Crippen molar-refractivity contribution < 1.29 is 44.0 Å². The molecule has 3 aromatic carbocycles. The standard InChI is InChI=1S/C35H31N3O10S/c1-47-34(46)26(38-32(43)18-5-12-27(41)28(42)14-18)4-2-3-13-36-35(49)37-19-6-9-22(25(15-19)33(44)45)31-23-10-7-20(39)16-29(23)48-30-17-21(40)8-11-24(30)31/h5-12,14-17,26,39,41-42H,2-4,13H2,1H3,(H,38,43)(H,44,45)(H2,36,37,49). The summed E-state index contributed by atoms with van der Waals surface area (Å²) in [5.74, 6) is -3.13. The van der Waals surface area contributed by atoms with Crippen LogP contribution in [0.5, 0.6) is 17.2 Å². The van der Waals surface area contributed by atoms with E-state index in [1.807, 2.05) is 0 Å². The van der Waals surface area contributed by atoms with Crippen molar-refractivity contribution in [3.05, 3.63) is 94.1 Å². The minimum atomic E-state index is -1.20. The van der Waals surface area contributed by atoms with Gasteiger partial charge in [-0.2, -0.15) is 0 Å². The second kappa shape index (κ2) is 14.7. The van der Waals surface area contributed by atoms with Crippen LogP contribution in [0.25, 0.3) is 33.4 Å². The SMILES string of the molecule is COC(=O)C(CCCCNC(=S)Nc1ccc(-c2c3ccc(=O)cc-3oc3cc(O)ccc23)c(C(=O)O)c1)NC(=O)c1ccc(O)c(O)c1. The number of anilines is 1. The number of carbonyl (C=O) groups excluding carboxylic acids is 2. The first-order chi connectivity index (χ1) is 23.4. The quantitative estimate of drug-likeness (QED) is 0.0328. The van der Waals surface area contributed by atoms with E-state index in [1.54, 1.807) is 24.3 Å². The molecule has 1 aliphatic heterocycles. The van der Waals surface area contributed by atoms with Crippen LogP contribution in [0.4, 0.5) is 5.69 Å². The molecule has 1 aliphatic carbocycles. The van der Waals surface area contributed by atoms with Gasteiger partial charge in [0, 0.05) is 46.4 Å². The number of unbranched alkanes of at least 4 members (excludes halogenated alkanes) is 1. The number of aromatic hydroxyl groups is 3. The Hall–Kier alpha value is -6.15. The van der Waals surface area contributed by atoms with Crippen LogP contribution in [0.2, 0.25) is 0 Å². The molecule has 14 heteroatoms. The van der Waals surface area contributed by atoms with E-state index in [4.69, 9.17) is 21.4 Å². The number of methoxy groups -OCH3 is 1. The summed E-state index contributed by atoms with van der Waals surface area (Å²) in [6.07, 6.45) is 1.29. The van der Waals surface area contributed by atoms with Gasteiger partial charge in [-0.3, -0.25) is 9.59 Å². The number of thiocarbonyl (C=S) groups is 1. The number of aromatic carboxylic acids is 1. The maximum absolute atomic E-state index is 12.6. The van der Waals surface area contributed by atoms with Gasteiger partial charge in [0.15, 0.2) is 22.0 Å². The van der Waals surface area contributed by atoms with Crippen molar-refractivity contribution in [2.75, 3.05) is 19.0 Å².